The normalized spacial score (nSPS) is 16.8. The highest BCUT2D eigenvalue weighted by Gasteiger charge is 2.39. The lowest BCUT2D eigenvalue weighted by Crippen LogP contribution is -2.33. The minimum absolute atomic E-state index is 0.146. The lowest BCUT2D eigenvalue weighted by molar-refractivity contribution is -0.137. The van der Waals surface area contributed by atoms with E-state index in [0.717, 1.165) is 41.6 Å². The first-order chi connectivity index (χ1) is 15.2. The zero-order chi connectivity index (χ0) is 22.6. The molecule has 1 saturated carbocycles. The topological polar surface area (TPSA) is 94.2 Å². The number of rotatable bonds is 4. The highest BCUT2D eigenvalue weighted by atomic mass is 19.4. The van der Waals surface area contributed by atoms with E-state index in [1.54, 1.807) is 13.1 Å². The van der Waals surface area contributed by atoms with Crippen LogP contribution < -0.4 is 5.73 Å². The van der Waals surface area contributed by atoms with Crippen LogP contribution in [0.5, 0.6) is 0 Å². The van der Waals surface area contributed by atoms with Gasteiger partial charge in [-0.2, -0.15) is 13.2 Å². The van der Waals surface area contributed by atoms with E-state index in [4.69, 9.17) is 10.5 Å². The van der Waals surface area contributed by atoms with Crippen molar-refractivity contribution in [3.05, 3.63) is 58.7 Å². The van der Waals surface area contributed by atoms with Crippen molar-refractivity contribution in [3.63, 3.8) is 0 Å². The van der Waals surface area contributed by atoms with Crippen molar-refractivity contribution in [3.8, 4) is 0 Å². The molecule has 32 heavy (non-hydrogen) atoms. The average molecular weight is 443 g/mol. The molecule has 1 atom stereocenters. The molecule has 0 radical (unpaired) electrons. The van der Waals surface area contributed by atoms with Crippen LogP contribution in [0, 0.1) is 5.92 Å². The van der Waals surface area contributed by atoms with Crippen molar-refractivity contribution in [1.82, 2.24) is 19.9 Å². The minimum atomic E-state index is -4.46. The third kappa shape index (κ3) is 3.54. The molecule has 4 heterocycles. The van der Waals surface area contributed by atoms with E-state index in [2.05, 4.69) is 15.0 Å². The number of nitrogen functional groups attached to an aromatic ring is 1. The first-order valence-corrected chi connectivity index (χ1v) is 10.2. The summed E-state index contributed by atoms with van der Waals surface area (Å²) in [6.45, 7) is 0.755. The number of pyridine rings is 3. The van der Waals surface area contributed by atoms with E-state index in [1.807, 2.05) is 0 Å². The summed E-state index contributed by atoms with van der Waals surface area (Å²) in [6, 6.07) is 3.60. The Morgan fingerprint density at radius 1 is 1.19 bits per heavy atom. The number of carbonyl (C=O) groups is 1. The predicted molar refractivity (Wildman–Crippen MR) is 109 cm³/mol. The van der Waals surface area contributed by atoms with Crippen molar-refractivity contribution >= 4 is 22.6 Å². The third-order valence-electron chi connectivity index (χ3n) is 6.06. The maximum absolute atomic E-state index is 13.3. The molecule has 1 aliphatic carbocycles. The highest BCUT2D eigenvalue weighted by Crippen LogP contribution is 2.44. The van der Waals surface area contributed by atoms with E-state index in [0.29, 0.717) is 30.2 Å². The molecule has 2 N–H and O–H groups in total. The summed E-state index contributed by atoms with van der Waals surface area (Å²) >= 11 is 0. The number of carbonyl (C=O) groups excluding carboxylic acids is 1. The van der Waals surface area contributed by atoms with Crippen LogP contribution in [0.3, 0.4) is 0 Å². The minimum Gasteiger partial charge on any atom is -0.383 e. The van der Waals surface area contributed by atoms with Crippen LogP contribution >= 0.6 is 0 Å². The number of ether oxygens (including phenoxy) is 1. The fraction of sp³-hybridized carbons (Fsp3) is 0.364. The first-order valence-electron chi connectivity index (χ1n) is 10.2. The molecule has 1 amide bonds. The molecule has 3 aromatic heterocycles. The molecule has 10 heteroatoms. The van der Waals surface area contributed by atoms with Crippen LogP contribution in [0.1, 0.15) is 51.8 Å². The van der Waals surface area contributed by atoms with E-state index >= 15 is 0 Å². The van der Waals surface area contributed by atoms with Gasteiger partial charge in [-0.05, 0) is 42.5 Å². The number of aromatic nitrogens is 3. The molecule has 5 rings (SSSR count). The Bertz CT molecular complexity index is 1210. The molecular formula is C22H20F3N5O2. The Hall–Kier alpha value is -3.27. The van der Waals surface area contributed by atoms with Crippen molar-refractivity contribution in [1.29, 1.82) is 0 Å². The second kappa shape index (κ2) is 7.40. The van der Waals surface area contributed by atoms with Crippen LogP contribution in [0.25, 0.3) is 10.9 Å². The van der Waals surface area contributed by atoms with E-state index in [-0.39, 0.29) is 17.5 Å². The van der Waals surface area contributed by atoms with E-state index < -0.39 is 17.8 Å². The Kier molecular flexibility index (Phi) is 4.77. The molecule has 1 fully saturated rings. The molecule has 0 saturated heterocycles. The van der Waals surface area contributed by atoms with Gasteiger partial charge in [0.05, 0.1) is 42.2 Å². The number of anilines is 1. The van der Waals surface area contributed by atoms with Gasteiger partial charge < -0.3 is 15.4 Å². The van der Waals surface area contributed by atoms with Gasteiger partial charge in [0.25, 0.3) is 5.91 Å². The molecule has 3 aromatic rings. The molecule has 0 aromatic carbocycles. The van der Waals surface area contributed by atoms with Crippen LogP contribution in [-0.4, -0.2) is 32.8 Å². The monoisotopic (exact) mass is 443 g/mol. The zero-order valence-corrected chi connectivity index (χ0v) is 17.2. The van der Waals surface area contributed by atoms with Crippen molar-refractivity contribution in [2.75, 3.05) is 12.8 Å². The maximum Gasteiger partial charge on any atom is 0.417 e. The van der Waals surface area contributed by atoms with Gasteiger partial charge >= 0.3 is 6.18 Å². The van der Waals surface area contributed by atoms with E-state index in [9.17, 15) is 18.0 Å². The Labute approximate surface area is 181 Å². The Morgan fingerprint density at radius 2 is 1.94 bits per heavy atom. The molecule has 0 bridgehead atoms. The number of nitrogens with zero attached hydrogens (tertiary/aromatic N) is 4. The lowest BCUT2D eigenvalue weighted by atomic mass is 10.0. The zero-order valence-electron chi connectivity index (χ0n) is 17.2. The lowest BCUT2D eigenvalue weighted by Gasteiger charge is -2.28. The molecule has 7 nitrogen and oxygen atoms in total. The smallest absolute Gasteiger partial charge is 0.383 e. The number of nitrogens with two attached hydrogens (primary N) is 1. The standard InChI is InChI=1S/C22H20F3N5O2/c1-30(19(11-2-3-11)16-5-4-12(7-27-16)22(23,24)25)21(31)17-6-13-14-9-32-10-15(14)20(26)29-18(13)8-28-17/h4-8,11,19H,2-3,9-10H2,1H3,(H2,26,29)/t19-/m0/s1. The maximum atomic E-state index is 13.3. The number of halogens is 3. The summed E-state index contributed by atoms with van der Waals surface area (Å²) < 4.78 is 44.2. The summed E-state index contributed by atoms with van der Waals surface area (Å²) in [4.78, 5) is 27.5. The molecule has 1 aliphatic heterocycles. The van der Waals surface area contributed by atoms with Gasteiger partial charge in [0.15, 0.2) is 0 Å². The molecule has 2 aliphatic rings. The first kappa shape index (κ1) is 20.6. The van der Waals surface area contributed by atoms with Crippen LogP contribution in [0.15, 0.2) is 30.6 Å². The van der Waals surface area contributed by atoms with Crippen molar-refractivity contribution < 1.29 is 22.7 Å². The summed E-state index contributed by atoms with van der Waals surface area (Å²) in [5, 5.41) is 0.758. The third-order valence-corrected chi connectivity index (χ3v) is 6.06. The van der Waals surface area contributed by atoms with Gasteiger partial charge in [-0.25, -0.2) is 9.97 Å². The predicted octanol–water partition coefficient (Wildman–Crippen LogP) is 3.88. The van der Waals surface area contributed by atoms with Crippen molar-refractivity contribution in [2.24, 2.45) is 5.92 Å². The van der Waals surface area contributed by atoms with Crippen LogP contribution in [0.4, 0.5) is 19.0 Å². The fourth-order valence-corrected chi connectivity index (χ4v) is 4.21. The van der Waals surface area contributed by atoms with Gasteiger partial charge in [0.2, 0.25) is 0 Å². The molecular weight excluding hydrogens is 423 g/mol. The molecule has 166 valence electrons. The SMILES string of the molecule is CN(C(=O)c1cc2c3c(c(N)nc2cn1)COC3)[C@H](c1ccc(C(F)(F)F)cn1)C1CC1. The quantitative estimate of drug-likeness (QED) is 0.658. The number of hydrogen-bond donors (Lipinski definition) is 1. The molecule has 0 unspecified atom stereocenters. The Balaban J connectivity index is 1.47. The number of fused-ring (bicyclic) bond motifs is 3. The van der Waals surface area contributed by atoms with Crippen LogP contribution in [0.2, 0.25) is 0 Å². The average Bonchev–Trinajstić information content (AvgIpc) is 3.46. The second-order valence-corrected chi connectivity index (χ2v) is 8.20. The van der Waals surface area contributed by atoms with Gasteiger partial charge in [-0.1, -0.05) is 0 Å². The van der Waals surface area contributed by atoms with Gasteiger partial charge in [-0.3, -0.25) is 9.78 Å². The van der Waals surface area contributed by atoms with Crippen LogP contribution in [-0.2, 0) is 24.1 Å². The van der Waals surface area contributed by atoms with Gasteiger partial charge in [0, 0.05) is 24.2 Å². The number of amides is 1. The second-order valence-electron chi connectivity index (χ2n) is 8.20. The largest absolute Gasteiger partial charge is 0.417 e. The molecule has 0 spiro atoms. The Morgan fingerprint density at radius 3 is 2.59 bits per heavy atom. The van der Waals surface area contributed by atoms with Gasteiger partial charge in [-0.15, -0.1) is 0 Å². The number of hydrogen-bond acceptors (Lipinski definition) is 6. The summed E-state index contributed by atoms with van der Waals surface area (Å²) in [5.41, 5.74) is 8.13. The van der Waals surface area contributed by atoms with E-state index in [1.165, 1.54) is 17.2 Å². The summed E-state index contributed by atoms with van der Waals surface area (Å²) in [6.07, 6.45) is -0.377. The highest BCUT2D eigenvalue weighted by molar-refractivity contribution is 5.97. The van der Waals surface area contributed by atoms with Gasteiger partial charge in [0.1, 0.15) is 11.5 Å². The summed E-state index contributed by atoms with van der Waals surface area (Å²) in [7, 11) is 1.63. The number of alkyl halides is 3. The summed E-state index contributed by atoms with van der Waals surface area (Å²) in [5.74, 6) is 0.202. The van der Waals surface area contributed by atoms with Crippen molar-refractivity contribution in [2.45, 2.75) is 38.3 Å². The fourth-order valence-electron chi connectivity index (χ4n) is 4.21.